The van der Waals surface area contributed by atoms with Gasteiger partial charge in [0.1, 0.15) is 0 Å². The monoisotopic (exact) mass is 276 g/mol. The van der Waals surface area contributed by atoms with Crippen LogP contribution >= 0.6 is 0 Å². The molecule has 0 aromatic heterocycles. The van der Waals surface area contributed by atoms with Gasteiger partial charge in [-0.25, -0.2) is 0 Å². The molecule has 0 bridgehead atoms. The van der Waals surface area contributed by atoms with E-state index in [-0.39, 0.29) is 25.6 Å². The Morgan fingerprint density at radius 1 is 1.55 bits per heavy atom. The number of rotatable bonds is 5. The third kappa shape index (κ3) is 5.02. The summed E-state index contributed by atoms with van der Waals surface area (Å²) >= 11 is 0. The molecule has 0 fully saturated rings. The molecule has 3 N–H and O–H groups in total. The average Bonchev–Trinajstić information content (AvgIpc) is 2.44. The molecule has 0 aliphatic heterocycles. The Bertz CT molecular complexity index is 505. The van der Waals surface area contributed by atoms with Crippen LogP contribution in [0.2, 0.25) is 0 Å². The number of carbonyl (C=O) groups is 1. The van der Waals surface area contributed by atoms with Crippen molar-refractivity contribution in [3.63, 3.8) is 0 Å². The predicted molar refractivity (Wildman–Crippen MR) is 77.2 cm³/mol. The number of ether oxygens (including phenoxy) is 1. The molecule has 1 rings (SSSR count). The van der Waals surface area contributed by atoms with Crippen LogP contribution in [0.1, 0.15) is 15.9 Å². The summed E-state index contributed by atoms with van der Waals surface area (Å²) in [5.41, 5.74) is 6.59. The number of nitrogens with zero attached hydrogens (tertiary/aromatic N) is 1. The van der Waals surface area contributed by atoms with Gasteiger partial charge in [-0.3, -0.25) is 4.79 Å². The van der Waals surface area contributed by atoms with Crippen LogP contribution in [0.25, 0.3) is 0 Å². The van der Waals surface area contributed by atoms with Crippen LogP contribution in [0, 0.1) is 11.8 Å². The SMILES string of the molecule is COCC(O)CN(C)C(=O)c1cccc(C#CCN)c1. The zero-order chi connectivity index (χ0) is 15.0. The second kappa shape index (κ2) is 8.33. The van der Waals surface area contributed by atoms with Crippen LogP contribution in [-0.2, 0) is 4.74 Å². The highest BCUT2D eigenvalue weighted by Gasteiger charge is 2.15. The van der Waals surface area contributed by atoms with Crippen molar-refractivity contribution in [1.82, 2.24) is 4.90 Å². The molecule has 0 saturated carbocycles. The Labute approximate surface area is 119 Å². The van der Waals surface area contributed by atoms with E-state index in [1.807, 2.05) is 6.07 Å². The number of aliphatic hydroxyl groups excluding tert-OH is 1. The summed E-state index contributed by atoms with van der Waals surface area (Å²) in [6.07, 6.45) is -0.700. The van der Waals surface area contributed by atoms with Gasteiger partial charge < -0.3 is 20.5 Å². The molecule has 1 amide bonds. The molecular weight excluding hydrogens is 256 g/mol. The molecule has 5 heteroatoms. The Morgan fingerprint density at radius 3 is 2.95 bits per heavy atom. The first-order chi connectivity index (χ1) is 9.58. The van der Waals surface area contributed by atoms with E-state index in [0.29, 0.717) is 5.56 Å². The quantitative estimate of drug-likeness (QED) is 0.747. The lowest BCUT2D eigenvalue weighted by atomic mass is 10.1. The third-order valence-corrected chi connectivity index (χ3v) is 2.63. The Morgan fingerprint density at radius 2 is 2.30 bits per heavy atom. The molecule has 0 heterocycles. The third-order valence-electron chi connectivity index (χ3n) is 2.63. The van der Waals surface area contributed by atoms with Crippen molar-refractivity contribution < 1.29 is 14.6 Å². The topological polar surface area (TPSA) is 75.8 Å². The van der Waals surface area contributed by atoms with Gasteiger partial charge in [0, 0.05) is 31.8 Å². The van der Waals surface area contributed by atoms with Crippen molar-refractivity contribution in [1.29, 1.82) is 0 Å². The van der Waals surface area contributed by atoms with Gasteiger partial charge in [-0.05, 0) is 18.2 Å². The molecule has 1 atom stereocenters. The van der Waals surface area contributed by atoms with E-state index in [9.17, 15) is 9.90 Å². The van der Waals surface area contributed by atoms with Gasteiger partial charge in [-0.1, -0.05) is 17.9 Å². The van der Waals surface area contributed by atoms with E-state index in [2.05, 4.69) is 11.8 Å². The smallest absolute Gasteiger partial charge is 0.253 e. The van der Waals surface area contributed by atoms with Gasteiger partial charge in [-0.2, -0.15) is 0 Å². The standard InChI is InChI=1S/C15H20N2O3/c1-17(10-14(18)11-20-2)15(19)13-7-3-5-12(9-13)6-4-8-16/h3,5,7,9,14,18H,8,10-11,16H2,1-2H3. The number of hydrogen-bond donors (Lipinski definition) is 2. The maximum atomic E-state index is 12.2. The summed E-state index contributed by atoms with van der Waals surface area (Å²) < 4.78 is 4.84. The second-order valence-corrected chi connectivity index (χ2v) is 4.38. The minimum Gasteiger partial charge on any atom is -0.389 e. The number of hydrogen-bond acceptors (Lipinski definition) is 4. The van der Waals surface area contributed by atoms with Gasteiger partial charge in [0.15, 0.2) is 0 Å². The fourth-order valence-corrected chi connectivity index (χ4v) is 1.75. The second-order valence-electron chi connectivity index (χ2n) is 4.38. The van der Waals surface area contributed by atoms with Gasteiger partial charge in [0.2, 0.25) is 0 Å². The molecule has 0 spiro atoms. The maximum Gasteiger partial charge on any atom is 0.253 e. The maximum absolute atomic E-state index is 12.2. The molecule has 20 heavy (non-hydrogen) atoms. The minimum atomic E-state index is -0.700. The summed E-state index contributed by atoms with van der Waals surface area (Å²) in [7, 11) is 3.14. The number of amides is 1. The molecule has 1 aromatic carbocycles. The summed E-state index contributed by atoms with van der Waals surface area (Å²) in [6.45, 7) is 0.687. The first-order valence-electron chi connectivity index (χ1n) is 6.30. The first kappa shape index (κ1) is 16.2. The molecular formula is C15H20N2O3. The molecule has 0 aliphatic rings. The van der Waals surface area contributed by atoms with Gasteiger partial charge >= 0.3 is 0 Å². The number of likely N-dealkylation sites (N-methyl/N-ethyl adjacent to an activating group) is 1. The average molecular weight is 276 g/mol. The van der Waals surface area contributed by atoms with Crippen LogP contribution in [0.3, 0.4) is 0 Å². The summed E-state index contributed by atoms with van der Waals surface area (Å²) in [6, 6.07) is 7.02. The number of methoxy groups -OCH3 is 1. The van der Waals surface area contributed by atoms with E-state index in [1.165, 1.54) is 12.0 Å². The van der Waals surface area contributed by atoms with Crippen molar-refractivity contribution in [2.24, 2.45) is 5.73 Å². The van der Waals surface area contributed by atoms with Gasteiger partial charge in [-0.15, -0.1) is 0 Å². The number of nitrogens with two attached hydrogens (primary N) is 1. The molecule has 0 radical (unpaired) electrons. The number of benzene rings is 1. The van der Waals surface area contributed by atoms with E-state index < -0.39 is 6.10 Å². The van der Waals surface area contributed by atoms with E-state index in [1.54, 1.807) is 25.2 Å². The van der Waals surface area contributed by atoms with E-state index in [4.69, 9.17) is 10.5 Å². The van der Waals surface area contributed by atoms with Crippen LogP contribution in [-0.4, -0.2) is 55.9 Å². The summed E-state index contributed by atoms with van der Waals surface area (Å²) in [5.74, 6) is 5.46. The molecule has 1 unspecified atom stereocenters. The number of aliphatic hydroxyl groups is 1. The molecule has 5 nitrogen and oxygen atoms in total. The highest BCUT2D eigenvalue weighted by molar-refractivity contribution is 5.94. The molecule has 108 valence electrons. The highest BCUT2D eigenvalue weighted by atomic mass is 16.5. The predicted octanol–water partition coefficient (Wildman–Crippen LogP) is 0.0761. The summed E-state index contributed by atoms with van der Waals surface area (Å²) in [5, 5.41) is 9.63. The zero-order valence-electron chi connectivity index (χ0n) is 11.8. The Hall–Kier alpha value is -1.87. The lowest BCUT2D eigenvalue weighted by Crippen LogP contribution is -2.36. The molecule has 0 aliphatic carbocycles. The summed E-state index contributed by atoms with van der Waals surface area (Å²) in [4.78, 5) is 13.7. The van der Waals surface area contributed by atoms with E-state index >= 15 is 0 Å². The van der Waals surface area contributed by atoms with Crippen LogP contribution in [0.15, 0.2) is 24.3 Å². The first-order valence-corrected chi connectivity index (χ1v) is 6.30. The van der Waals surface area contributed by atoms with Gasteiger partial charge in [0.05, 0.1) is 19.3 Å². The fraction of sp³-hybridized carbons (Fsp3) is 0.400. The number of carbonyl (C=O) groups excluding carboxylic acids is 1. The highest BCUT2D eigenvalue weighted by Crippen LogP contribution is 2.07. The van der Waals surface area contributed by atoms with Crippen LogP contribution < -0.4 is 5.73 Å². The largest absolute Gasteiger partial charge is 0.389 e. The minimum absolute atomic E-state index is 0.170. The van der Waals surface area contributed by atoms with Crippen LogP contribution in [0.5, 0.6) is 0 Å². The van der Waals surface area contributed by atoms with Crippen molar-refractivity contribution in [2.75, 3.05) is 33.9 Å². The Balaban J connectivity index is 2.76. The van der Waals surface area contributed by atoms with Gasteiger partial charge in [0.25, 0.3) is 5.91 Å². The molecule has 0 saturated heterocycles. The van der Waals surface area contributed by atoms with Crippen molar-refractivity contribution in [2.45, 2.75) is 6.10 Å². The normalized spacial score (nSPS) is 11.4. The van der Waals surface area contributed by atoms with Crippen molar-refractivity contribution in [3.8, 4) is 11.8 Å². The van der Waals surface area contributed by atoms with Crippen molar-refractivity contribution >= 4 is 5.91 Å². The van der Waals surface area contributed by atoms with E-state index in [0.717, 1.165) is 5.56 Å². The lowest BCUT2D eigenvalue weighted by Gasteiger charge is -2.20. The Kier molecular flexibility index (Phi) is 6.74. The van der Waals surface area contributed by atoms with Crippen LogP contribution in [0.4, 0.5) is 0 Å². The lowest BCUT2D eigenvalue weighted by molar-refractivity contribution is 0.0380. The molecule has 1 aromatic rings. The van der Waals surface area contributed by atoms with Crippen molar-refractivity contribution in [3.05, 3.63) is 35.4 Å². The fourth-order valence-electron chi connectivity index (χ4n) is 1.75. The zero-order valence-corrected chi connectivity index (χ0v) is 11.8.